The second-order valence-electron chi connectivity index (χ2n) is 3.60. The maximum Gasteiger partial charge on any atom is 0.323 e. The summed E-state index contributed by atoms with van der Waals surface area (Å²) >= 11 is 3.08. The molecule has 1 aromatic carbocycles. The molecule has 0 bridgehead atoms. The van der Waals surface area contributed by atoms with Crippen LogP contribution in [0.3, 0.4) is 0 Å². The summed E-state index contributed by atoms with van der Waals surface area (Å²) in [5.41, 5.74) is 2.80. The third-order valence-corrected chi connectivity index (χ3v) is 2.84. The summed E-state index contributed by atoms with van der Waals surface area (Å²) in [6.07, 6.45) is 0. The fourth-order valence-corrected chi connectivity index (χ4v) is 1.62. The number of hydrogen-bond acceptors (Lipinski definition) is 7. The van der Waals surface area contributed by atoms with Gasteiger partial charge in [-0.2, -0.15) is 15.0 Å². The van der Waals surface area contributed by atoms with Gasteiger partial charge in [0.05, 0.1) is 11.1 Å². The number of ether oxygens (including phenoxy) is 1. The third kappa shape index (κ3) is 3.52. The number of aromatic nitrogens is 3. The standard InChI is InChI=1S/C11H12BrFN6O/c1-2-20-11-17-9(16-10(18-11)19-14)15-6-3-4-7(12)8(13)5-6/h3-5H,2,14H2,1H3,(H2,15,16,17,18,19). The Morgan fingerprint density at radius 1 is 1.30 bits per heavy atom. The minimum atomic E-state index is -0.397. The molecule has 0 spiro atoms. The molecule has 0 aliphatic carbocycles. The van der Waals surface area contributed by atoms with Crippen molar-refractivity contribution in [3.05, 3.63) is 28.5 Å². The first-order chi connectivity index (χ1) is 9.62. The third-order valence-electron chi connectivity index (χ3n) is 2.19. The highest BCUT2D eigenvalue weighted by Gasteiger charge is 2.08. The van der Waals surface area contributed by atoms with Crippen molar-refractivity contribution in [2.75, 3.05) is 17.3 Å². The molecule has 0 saturated heterocycles. The van der Waals surface area contributed by atoms with Gasteiger partial charge >= 0.3 is 6.01 Å². The average molecular weight is 343 g/mol. The molecule has 2 aromatic rings. The average Bonchev–Trinajstić information content (AvgIpc) is 2.43. The van der Waals surface area contributed by atoms with Crippen LogP contribution in [-0.4, -0.2) is 21.6 Å². The van der Waals surface area contributed by atoms with Crippen LogP contribution in [0.2, 0.25) is 0 Å². The number of hydrogen-bond donors (Lipinski definition) is 3. The minimum absolute atomic E-state index is 0.121. The first kappa shape index (κ1) is 14.4. The summed E-state index contributed by atoms with van der Waals surface area (Å²) in [4.78, 5) is 11.9. The van der Waals surface area contributed by atoms with Crippen molar-refractivity contribution in [3.63, 3.8) is 0 Å². The first-order valence-corrected chi connectivity index (χ1v) is 6.49. The maximum absolute atomic E-state index is 13.4. The fourth-order valence-electron chi connectivity index (χ4n) is 1.37. The van der Waals surface area contributed by atoms with Gasteiger partial charge in [-0.15, -0.1) is 0 Å². The number of anilines is 3. The molecule has 0 aliphatic heterocycles. The molecule has 0 atom stereocenters. The Bertz CT molecular complexity index is 611. The molecule has 0 amide bonds. The van der Waals surface area contributed by atoms with Crippen LogP contribution in [0.1, 0.15) is 6.92 Å². The topological polar surface area (TPSA) is 98.0 Å². The summed E-state index contributed by atoms with van der Waals surface area (Å²) in [7, 11) is 0. The molecule has 2 rings (SSSR count). The van der Waals surface area contributed by atoms with E-state index in [2.05, 4.69) is 41.6 Å². The summed E-state index contributed by atoms with van der Waals surface area (Å²) < 4.78 is 19.0. The Balaban J connectivity index is 2.27. The van der Waals surface area contributed by atoms with Gasteiger partial charge in [0.2, 0.25) is 11.9 Å². The van der Waals surface area contributed by atoms with Gasteiger partial charge in [0.15, 0.2) is 0 Å². The predicted molar refractivity (Wildman–Crippen MR) is 76.2 cm³/mol. The highest BCUT2D eigenvalue weighted by Crippen LogP contribution is 2.22. The molecule has 106 valence electrons. The van der Waals surface area contributed by atoms with Crippen LogP contribution in [0.25, 0.3) is 0 Å². The molecule has 7 nitrogen and oxygen atoms in total. The molecule has 0 aliphatic rings. The molecule has 9 heteroatoms. The second-order valence-corrected chi connectivity index (χ2v) is 4.45. The van der Waals surface area contributed by atoms with Gasteiger partial charge in [-0.05, 0) is 41.1 Å². The first-order valence-electron chi connectivity index (χ1n) is 5.70. The van der Waals surface area contributed by atoms with E-state index in [-0.39, 0.29) is 17.9 Å². The van der Waals surface area contributed by atoms with Gasteiger partial charge in [-0.25, -0.2) is 10.2 Å². The van der Waals surface area contributed by atoms with Crippen LogP contribution >= 0.6 is 15.9 Å². The van der Waals surface area contributed by atoms with Crippen molar-refractivity contribution in [1.29, 1.82) is 0 Å². The van der Waals surface area contributed by atoms with Crippen LogP contribution in [-0.2, 0) is 0 Å². The zero-order chi connectivity index (χ0) is 14.5. The summed E-state index contributed by atoms with van der Waals surface area (Å²) in [5, 5.41) is 2.85. The van der Waals surface area contributed by atoms with E-state index in [9.17, 15) is 4.39 Å². The van der Waals surface area contributed by atoms with E-state index in [1.165, 1.54) is 6.07 Å². The molecular formula is C11H12BrFN6O. The van der Waals surface area contributed by atoms with E-state index in [0.717, 1.165) is 0 Å². The molecule has 4 N–H and O–H groups in total. The SMILES string of the molecule is CCOc1nc(NN)nc(Nc2ccc(Br)c(F)c2)n1. The molecule has 0 radical (unpaired) electrons. The summed E-state index contributed by atoms with van der Waals surface area (Å²) in [6.45, 7) is 2.21. The largest absolute Gasteiger partial charge is 0.464 e. The van der Waals surface area contributed by atoms with Crippen LogP contribution in [0.15, 0.2) is 22.7 Å². The van der Waals surface area contributed by atoms with Crippen LogP contribution in [0.5, 0.6) is 6.01 Å². The van der Waals surface area contributed by atoms with Crippen molar-refractivity contribution in [3.8, 4) is 6.01 Å². The molecule has 1 heterocycles. The molecule has 0 unspecified atom stereocenters. The van der Waals surface area contributed by atoms with Gasteiger partial charge < -0.3 is 10.1 Å². The van der Waals surface area contributed by atoms with E-state index in [1.54, 1.807) is 19.1 Å². The molecule has 1 aromatic heterocycles. The Morgan fingerprint density at radius 2 is 2.05 bits per heavy atom. The second kappa shape index (κ2) is 6.44. The number of hydrazine groups is 1. The van der Waals surface area contributed by atoms with Crippen molar-refractivity contribution in [1.82, 2.24) is 15.0 Å². The van der Waals surface area contributed by atoms with Gasteiger partial charge in [0.1, 0.15) is 5.82 Å². The van der Waals surface area contributed by atoms with Gasteiger partial charge in [-0.1, -0.05) is 0 Å². The van der Waals surface area contributed by atoms with Crippen LogP contribution in [0.4, 0.5) is 22.0 Å². The van der Waals surface area contributed by atoms with Gasteiger partial charge in [0.25, 0.3) is 0 Å². The number of halogens is 2. The van der Waals surface area contributed by atoms with E-state index in [1.807, 2.05) is 0 Å². The van der Waals surface area contributed by atoms with Crippen LogP contribution < -0.4 is 21.3 Å². The smallest absolute Gasteiger partial charge is 0.323 e. The molecule has 0 saturated carbocycles. The van der Waals surface area contributed by atoms with Crippen molar-refractivity contribution >= 4 is 33.5 Å². The van der Waals surface area contributed by atoms with Gasteiger partial charge in [0, 0.05) is 5.69 Å². The Labute approximate surface area is 122 Å². The van der Waals surface area contributed by atoms with E-state index < -0.39 is 5.82 Å². The Kier molecular flexibility index (Phi) is 4.64. The van der Waals surface area contributed by atoms with Gasteiger partial charge in [-0.3, -0.25) is 5.43 Å². The number of nitrogens with two attached hydrogens (primary N) is 1. The van der Waals surface area contributed by atoms with Crippen molar-refractivity contribution in [2.45, 2.75) is 6.92 Å². The zero-order valence-corrected chi connectivity index (χ0v) is 12.1. The van der Waals surface area contributed by atoms with Crippen LogP contribution in [0, 0.1) is 5.82 Å². The molecule has 20 heavy (non-hydrogen) atoms. The monoisotopic (exact) mass is 342 g/mol. The predicted octanol–water partition coefficient (Wildman–Crippen LogP) is 2.20. The number of rotatable bonds is 5. The highest BCUT2D eigenvalue weighted by molar-refractivity contribution is 9.10. The maximum atomic E-state index is 13.4. The number of nitrogens with zero attached hydrogens (tertiary/aromatic N) is 3. The fraction of sp³-hybridized carbons (Fsp3) is 0.182. The lowest BCUT2D eigenvalue weighted by Gasteiger charge is -2.08. The highest BCUT2D eigenvalue weighted by atomic mass is 79.9. The number of nitrogen functional groups attached to an aromatic ring is 1. The summed E-state index contributed by atoms with van der Waals surface area (Å²) in [5.74, 6) is 5.21. The Hall–Kier alpha value is -2.00. The lowest BCUT2D eigenvalue weighted by Crippen LogP contribution is -2.13. The van der Waals surface area contributed by atoms with E-state index >= 15 is 0 Å². The van der Waals surface area contributed by atoms with E-state index in [4.69, 9.17) is 10.6 Å². The molecular weight excluding hydrogens is 331 g/mol. The van der Waals surface area contributed by atoms with Crippen molar-refractivity contribution < 1.29 is 9.13 Å². The number of nitrogens with one attached hydrogen (secondary N) is 2. The minimum Gasteiger partial charge on any atom is -0.464 e. The zero-order valence-electron chi connectivity index (χ0n) is 10.5. The normalized spacial score (nSPS) is 10.2. The Morgan fingerprint density at radius 3 is 2.70 bits per heavy atom. The number of benzene rings is 1. The lowest BCUT2D eigenvalue weighted by molar-refractivity contribution is 0.312. The van der Waals surface area contributed by atoms with E-state index in [0.29, 0.717) is 16.8 Å². The quantitative estimate of drug-likeness (QED) is 0.565. The lowest BCUT2D eigenvalue weighted by atomic mass is 10.3. The summed E-state index contributed by atoms with van der Waals surface area (Å²) in [6, 6.07) is 4.68. The van der Waals surface area contributed by atoms with Crippen molar-refractivity contribution in [2.24, 2.45) is 5.84 Å². The molecule has 0 fully saturated rings.